The number of hydrogen-bond donors (Lipinski definition) is 1. The first-order valence-electron chi connectivity index (χ1n) is 8.03. The van der Waals surface area contributed by atoms with Crippen molar-refractivity contribution in [2.75, 3.05) is 0 Å². The molecule has 0 aliphatic heterocycles. The van der Waals surface area contributed by atoms with E-state index in [1.807, 2.05) is 56.6 Å². The van der Waals surface area contributed by atoms with Gasteiger partial charge in [0.15, 0.2) is 5.82 Å². The molecule has 1 amide bonds. The number of nitrogens with zero attached hydrogens (tertiary/aromatic N) is 4. The molecule has 0 radical (unpaired) electrons. The predicted molar refractivity (Wildman–Crippen MR) is 93.2 cm³/mol. The first kappa shape index (κ1) is 16.9. The van der Waals surface area contributed by atoms with Crippen LogP contribution in [-0.4, -0.2) is 25.8 Å². The van der Waals surface area contributed by atoms with Gasteiger partial charge in [-0.25, -0.2) is 4.68 Å². The Balaban J connectivity index is 1.97. The molecular weight excluding hydrogens is 318 g/mol. The van der Waals surface area contributed by atoms with Gasteiger partial charge in [-0.1, -0.05) is 23.4 Å². The van der Waals surface area contributed by atoms with Crippen LogP contribution < -0.4 is 5.32 Å². The number of para-hydroxylation sites is 1. The standard InChI is InChI=1S/C18H21N5O2/c1-11-8-6-7-9-15(11)23-12(2)14(10-19-23)16-20-17(22-25-16)18(4,5)21-13(3)24/h6-10H,1-5H3,(H,21,24). The molecule has 25 heavy (non-hydrogen) atoms. The first-order valence-corrected chi connectivity index (χ1v) is 8.03. The topological polar surface area (TPSA) is 85.8 Å². The molecule has 0 aliphatic carbocycles. The first-order chi connectivity index (χ1) is 11.8. The molecule has 0 saturated heterocycles. The number of amides is 1. The van der Waals surface area contributed by atoms with E-state index in [1.54, 1.807) is 6.20 Å². The molecule has 3 rings (SSSR count). The van der Waals surface area contributed by atoms with E-state index in [4.69, 9.17) is 4.52 Å². The zero-order valence-corrected chi connectivity index (χ0v) is 15.0. The predicted octanol–water partition coefficient (Wildman–Crippen LogP) is 2.91. The molecule has 2 heterocycles. The van der Waals surface area contributed by atoms with Crippen molar-refractivity contribution in [2.45, 2.75) is 40.2 Å². The smallest absolute Gasteiger partial charge is 0.261 e. The summed E-state index contributed by atoms with van der Waals surface area (Å²) in [7, 11) is 0. The highest BCUT2D eigenvalue weighted by molar-refractivity contribution is 5.73. The van der Waals surface area contributed by atoms with Crippen molar-refractivity contribution in [3.8, 4) is 17.1 Å². The Morgan fingerprint density at radius 3 is 2.64 bits per heavy atom. The zero-order valence-electron chi connectivity index (χ0n) is 15.0. The van der Waals surface area contributed by atoms with Gasteiger partial charge in [0.2, 0.25) is 5.91 Å². The van der Waals surface area contributed by atoms with Crippen molar-refractivity contribution in [1.82, 2.24) is 25.2 Å². The maximum atomic E-state index is 11.3. The van der Waals surface area contributed by atoms with Gasteiger partial charge in [0.1, 0.15) is 0 Å². The summed E-state index contributed by atoms with van der Waals surface area (Å²) in [6.45, 7) is 9.10. The Morgan fingerprint density at radius 1 is 1.24 bits per heavy atom. The molecule has 0 unspecified atom stereocenters. The lowest BCUT2D eigenvalue weighted by molar-refractivity contribution is -0.120. The third kappa shape index (κ3) is 3.17. The molecule has 3 aromatic rings. The Labute approximate surface area is 146 Å². The second-order valence-electron chi connectivity index (χ2n) is 6.57. The molecule has 0 spiro atoms. The molecule has 7 heteroatoms. The van der Waals surface area contributed by atoms with Crippen LogP contribution in [0.15, 0.2) is 35.0 Å². The molecule has 2 aromatic heterocycles. The molecule has 1 N–H and O–H groups in total. The monoisotopic (exact) mass is 339 g/mol. The van der Waals surface area contributed by atoms with E-state index < -0.39 is 5.54 Å². The van der Waals surface area contributed by atoms with Crippen LogP contribution in [0, 0.1) is 13.8 Å². The fourth-order valence-corrected chi connectivity index (χ4v) is 2.75. The van der Waals surface area contributed by atoms with Crippen LogP contribution in [0.4, 0.5) is 0 Å². The van der Waals surface area contributed by atoms with Crippen LogP contribution in [0.2, 0.25) is 0 Å². The number of nitrogens with one attached hydrogen (secondary N) is 1. The van der Waals surface area contributed by atoms with E-state index in [0.717, 1.165) is 22.5 Å². The number of aryl methyl sites for hydroxylation is 1. The van der Waals surface area contributed by atoms with E-state index in [-0.39, 0.29) is 5.91 Å². The largest absolute Gasteiger partial charge is 0.344 e. The summed E-state index contributed by atoms with van der Waals surface area (Å²) in [6.07, 6.45) is 1.71. The van der Waals surface area contributed by atoms with Crippen molar-refractivity contribution in [3.05, 3.63) is 47.5 Å². The van der Waals surface area contributed by atoms with E-state index in [2.05, 4.69) is 20.6 Å². The van der Waals surface area contributed by atoms with E-state index in [0.29, 0.717) is 11.7 Å². The molecule has 0 saturated carbocycles. The SMILES string of the molecule is CC(=O)NC(C)(C)c1noc(-c2cnn(-c3ccccc3C)c2C)n1. The number of rotatable bonds is 4. The van der Waals surface area contributed by atoms with Crippen LogP contribution in [0.5, 0.6) is 0 Å². The van der Waals surface area contributed by atoms with Gasteiger partial charge in [0.05, 0.1) is 28.7 Å². The number of hydrogen-bond acceptors (Lipinski definition) is 5. The summed E-state index contributed by atoms with van der Waals surface area (Å²) >= 11 is 0. The Bertz CT molecular complexity index is 923. The van der Waals surface area contributed by atoms with Crippen molar-refractivity contribution >= 4 is 5.91 Å². The fraction of sp³-hybridized carbons (Fsp3) is 0.333. The maximum Gasteiger partial charge on any atom is 0.261 e. The highest BCUT2D eigenvalue weighted by Crippen LogP contribution is 2.27. The normalized spacial score (nSPS) is 11.6. The Morgan fingerprint density at radius 2 is 1.96 bits per heavy atom. The maximum absolute atomic E-state index is 11.3. The molecule has 0 aliphatic rings. The lowest BCUT2D eigenvalue weighted by Crippen LogP contribution is -2.40. The number of benzene rings is 1. The van der Waals surface area contributed by atoms with Crippen molar-refractivity contribution in [2.24, 2.45) is 0 Å². The highest BCUT2D eigenvalue weighted by Gasteiger charge is 2.28. The van der Waals surface area contributed by atoms with Crippen molar-refractivity contribution in [1.29, 1.82) is 0 Å². The summed E-state index contributed by atoms with van der Waals surface area (Å²) in [5, 5.41) is 11.3. The number of carbonyl (C=O) groups is 1. The zero-order chi connectivity index (χ0) is 18.2. The molecule has 0 bridgehead atoms. The molecule has 0 fully saturated rings. The van der Waals surface area contributed by atoms with Crippen LogP contribution in [0.25, 0.3) is 17.1 Å². The Hall–Kier alpha value is -2.96. The van der Waals surface area contributed by atoms with Crippen molar-refractivity contribution in [3.63, 3.8) is 0 Å². The van der Waals surface area contributed by atoms with Crippen LogP contribution in [-0.2, 0) is 10.3 Å². The second-order valence-corrected chi connectivity index (χ2v) is 6.57. The summed E-state index contributed by atoms with van der Waals surface area (Å²) in [5.74, 6) is 0.645. The summed E-state index contributed by atoms with van der Waals surface area (Å²) in [4.78, 5) is 15.8. The third-order valence-corrected chi connectivity index (χ3v) is 4.06. The summed E-state index contributed by atoms with van der Waals surface area (Å²) < 4.78 is 7.27. The highest BCUT2D eigenvalue weighted by atomic mass is 16.5. The number of carbonyl (C=O) groups excluding carboxylic acids is 1. The van der Waals surface area contributed by atoms with E-state index in [1.165, 1.54) is 6.92 Å². The minimum absolute atomic E-state index is 0.153. The molecule has 130 valence electrons. The van der Waals surface area contributed by atoms with Gasteiger partial charge >= 0.3 is 0 Å². The minimum Gasteiger partial charge on any atom is -0.344 e. The Kier molecular flexibility index (Phi) is 4.16. The summed E-state index contributed by atoms with van der Waals surface area (Å²) in [5.41, 5.74) is 3.08. The fourth-order valence-electron chi connectivity index (χ4n) is 2.75. The van der Waals surface area contributed by atoms with Gasteiger partial charge in [0, 0.05) is 6.92 Å². The quantitative estimate of drug-likeness (QED) is 0.790. The molecule has 0 atom stereocenters. The van der Waals surface area contributed by atoms with Gasteiger partial charge < -0.3 is 9.84 Å². The average molecular weight is 339 g/mol. The van der Waals surface area contributed by atoms with Gasteiger partial charge in [-0.15, -0.1) is 0 Å². The number of aromatic nitrogens is 4. The second kappa shape index (κ2) is 6.16. The third-order valence-electron chi connectivity index (χ3n) is 4.06. The lowest BCUT2D eigenvalue weighted by Gasteiger charge is -2.20. The lowest BCUT2D eigenvalue weighted by atomic mass is 10.1. The van der Waals surface area contributed by atoms with E-state index >= 15 is 0 Å². The molecule has 7 nitrogen and oxygen atoms in total. The average Bonchev–Trinajstić information content (AvgIpc) is 3.14. The van der Waals surface area contributed by atoms with Gasteiger partial charge in [-0.3, -0.25) is 4.79 Å². The van der Waals surface area contributed by atoms with E-state index in [9.17, 15) is 4.79 Å². The van der Waals surface area contributed by atoms with Gasteiger partial charge in [-0.05, 0) is 39.3 Å². The van der Waals surface area contributed by atoms with Crippen LogP contribution >= 0.6 is 0 Å². The summed E-state index contributed by atoms with van der Waals surface area (Å²) in [6, 6.07) is 8.02. The van der Waals surface area contributed by atoms with Crippen LogP contribution in [0.3, 0.4) is 0 Å². The molecular formula is C18H21N5O2. The van der Waals surface area contributed by atoms with Gasteiger partial charge in [-0.2, -0.15) is 10.1 Å². The van der Waals surface area contributed by atoms with Crippen molar-refractivity contribution < 1.29 is 9.32 Å². The molecule has 1 aromatic carbocycles. The van der Waals surface area contributed by atoms with Crippen LogP contribution in [0.1, 0.15) is 37.9 Å². The minimum atomic E-state index is -0.715. The van der Waals surface area contributed by atoms with Gasteiger partial charge in [0.25, 0.3) is 5.89 Å².